The number of nitro groups is 1. The number of hydrogen-bond donors (Lipinski definition) is 1. The number of nitrogens with one attached hydrogen (secondary N) is 1. The van der Waals surface area contributed by atoms with Crippen LogP contribution in [0.1, 0.15) is 11.3 Å². The second kappa shape index (κ2) is 6.40. The highest BCUT2D eigenvalue weighted by Gasteiger charge is 2.18. The molecule has 0 unspecified atom stereocenters. The zero-order valence-corrected chi connectivity index (χ0v) is 11.3. The zero-order valence-electron chi connectivity index (χ0n) is 11.3. The summed E-state index contributed by atoms with van der Waals surface area (Å²) in [5, 5.41) is 17.6. The minimum Gasteiger partial charge on any atom is -0.312 e. The quantitative estimate of drug-likeness (QED) is 0.502. The summed E-state index contributed by atoms with van der Waals surface area (Å²) in [6, 6.07) is 3.32. The Morgan fingerprint density at radius 3 is 2.76 bits per heavy atom. The molecular weight excluding hydrogens is 282 g/mol. The van der Waals surface area contributed by atoms with Gasteiger partial charge in [-0.05, 0) is 6.07 Å². The largest absolute Gasteiger partial charge is 0.312 e. The van der Waals surface area contributed by atoms with Crippen molar-refractivity contribution in [1.29, 1.82) is 0 Å². The molecule has 112 valence electrons. The van der Waals surface area contributed by atoms with E-state index in [1.54, 1.807) is 10.9 Å². The maximum absolute atomic E-state index is 13.5. The van der Waals surface area contributed by atoms with Gasteiger partial charge in [-0.3, -0.25) is 14.8 Å². The highest BCUT2D eigenvalue weighted by Crippen LogP contribution is 2.21. The average molecular weight is 296 g/mol. The first kappa shape index (κ1) is 15.0. The van der Waals surface area contributed by atoms with E-state index in [0.29, 0.717) is 19.0 Å². The lowest BCUT2D eigenvalue weighted by Gasteiger charge is -2.07. The van der Waals surface area contributed by atoms with Crippen LogP contribution in [0.3, 0.4) is 0 Å². The third-order valence-electron chi connectivity index (χ3n) is 3.11. The maximum atomic E-state index is 13.5. The summed E-state index contributed by atoms with van der Waals surface area (Å²) in [5.41, 5.74) is 0.348. The molecule has 8 heteroatoms. The molecule has 0 radical (unpaired) electrons. The van der Waals surface area contributed by atoms with E-state index in [1.165, 1.54) is 0 Å². The third-order valence-corrected chi connectivity index (χ3v) is 3.11. The van der Waals surface area contributed by atoms with Crippen LogP contribution in [-0.4, -0.2) is 21.2 Å². The van der Waals surface area contributed by atoms with Crippen LogP contribution in [0.4, 0.5) is 14.5 Å². The van der Waals surface area contributed by atoms with Crippen molar-refractivity contribution < 1.29 is 13.7 Å². The Kier molecular flexibility index (Phi) is 4.59. The molecule has 0 bridgehead atoms. The summed E-state index contributed by atoms with van der Waals surface area (Å²) in [4.78, 5) is 9.75. The Labute approximate surface area is 119 Å². The van der Waals surface area contributed by atoms with Gasteiger partial charge in [-0.1, -0.05) is 0 Å². The summed E-state index contributed by atoms with van der Waals surface area (Å²) >= 11 is 0. The lowest BCUT2D eigenvalue weighted by atomic mass is 10.1. The first-order valence-electron chi connectivity index (χ1n) is 6.29. The van der Waals surface area contributed by atoms with Crippen LogP contribution in [0, 0.1) is 21.7 Å². The Balaban J connectivity index is 1.95. The van der Waals surface area contributed by atoms with E-state index in [2.05, 4.69) is 10.4 Å². The molecule has 0 amide bonds. The van der Waals surface area contributed by atoms with Gasteiger partial charge in [0.05, 0.1) is 4.92 Å². The van der Waals surface area contributed by atoms with Crippen LogP contribution in [0.2, 0.25) is 0 Å². The van der Waals surface area contributed by atoms with Gasteiger partial charge in [0.15, 0.2) is 0 Å². The molecule has 0 aliphatic heterocycles. The van der Waals surface area contributed by atoms with Crippen molar-refractivity contribution in [1.82, 2.24) is 15.1 Å². The monoisotopic (exact) mass is 296 g/mol. The Bertz CT molecular complexity index is 658. The predicted molar refractivity (Wildman–Crippen MR) is 71.6 cm³/mol. The number of nitro benzene ring substituents is 1. The summed E-state index contributed by atoms with van der Waals surface area (Å²) in [5.74, 6) is -1.97. The SMILES string of the molecule is Cn1nccc1CCNCc1cc([N+](=O)[O-])c(F)cc1F. The Morgan fingerprint density at radius 1 is 1.38 bits per heavy atom. The van der Waals surface area contributed by atoms with Crippen molar-refractivity contribution >= 4 is 5.69 Å². The molecular formula is C13H14F2N4O2. The van der Waals surface area contributed by atoms with Crippen LogP contribution < -0.4 is 5.32 Å². The molecule has 0 spiro atoms. The van der Waals surface area contributed by atoms with Crippen molar-refractivity contribution in [3.05, 3.63) is 57.4 Å². The second-order valence-corrected chi connectivity index (χ2v) is 4.53. The maximum Gasteiger partial charge on any atom is 0.305 e. The molecule has 0 fully saturated rings. The van der Waals surface area contributed by atoms with E-state index >= 15 is 0 Å². The number of aryl methyl sites for hydroxylation is 1. The normalized spacial score (nSPS) is 10.8. The fraction of sp³-hybridized carbons (Fsp3) is 0.308. The molecule has 0 aliphatic rings. The predicted octanol–water partition coefficient (Wildman–Crippen LogP) is 1.94. The molecule has 1 N–H and O–H groups in total. The van der Waals surface area contributed by atoms with E-state index in [-0.39, 0.29) is 12.1 Å². The molecule has 21 heavy (non-hydrogen) atoms. The molecule has 6 nitrogen and oxygen atoms in total. The lowest BCUT2D eigenvalue weighted by Crippen LogP contribution is -2.19. The number of halogens is 2. The summed E-state index contributed by atoms with van der Waals surface area (Å²) in [6.07, 6.45) is 2.36. The molecule has 0 aliphatic carbocycles. The van der Waals surface area contributed by atoms with Gasteiger partial charge in [-0.25, -0.2) is 4.39 Å². The van der Waals surface area contributed by atoms with Gasteiger partial charge in [0.25, 0.3) is 0 Å². The molecule has 0 saturated heterocycles. The van der Waals surface area contributed by atoms with Crippen molar-refractivity contribution in [2.45, 2.75) is 13.0 Å². The van der Waals surface area contributed by atoms with Gasteiger partial charge >= 0.3 is 5.69 Å². The van der Waals surface area contributed by atoms with Crippen LogP contribution >= 0.6 is 0 Å². The standard InChI is InChI=1S/C13H14F2N4O2/c1-18-10(3-5-17-18)2-4-16-8-9-6-13(19(20)21)12(15)7-11(9)14/h3,5-7,16H,2,4,8H2,1H3. The van der Waals surface area contributed by atoms with Crippen molar-refractivity contribution in [2.24, 2.45) is 7.05 Å². The Hall–Kier alpha value is -2.35. The minimum atomic E-state index is -1.17. The highest BCUT2D eigenvalue weighted by molar-refractivity contribution is 5.37. The van der Waals surface area contributed by atoms with E-state index in [1.807, 2.05) is 13.1 Å². The van der Waals surface area contributed by atoms with Gasteiger partial charge < -0.3 is 5.32 Å². The summed E-state index contributed by atoms with van der Waals surface area (Å²) in [6.45, 7) is 0.634. The average Bonchev–Trinajstić information content (AvgIpc) is 2.82. The van der Waals surface area contributed by atoms with Crippen molar-refractivity contribution in [3.8, 4) is 0 Å². The number of hydrogen-bond acceptors (Lipinski definition) is 4. The van der Waals surface area contributed by atoms with Crippen LogP contribution in [0.25, 0.3) is 0 Å². The number of benzene rings is 1. The smallest absolute Gasteiger partial charge is 0.305 e. The summed E-state index contributed by atoms with van der Waals surface area (Å²) in [7, 11) is 1.82. The molecule has 2 rings (SSSR count). The second-order valence-electron chi connectivity index (χ2n) is 4.53. The number of rotatable bonds is 6. The first-order chi connectivity index (χ1) is 9.99. The fourth-order valence-electron chi connectivity index (χ4n) is 1.94. The molecule has 1 heterocycles. The lowest BCUT2D eigenvalue weighted by molar-refractivity contribution is -0.387. The zero-order chi connectivity index (χ0) is 15.4. The molecule has 1 aromatic heterocycles. The minimum absolute atomic E-state index is 0.0631. The molecule has 0 saturated carbocycles. The van der Waals surface area contributed by atoms with E-state index in [4.69, 9.17) is 0 Å². The van der Waals surface area contributed by atoms with Gasteiger partial charge in [0.1, 0.15) is 5.82 Å². The molecule has 2 aromatic rings. The van der Waals surface area contributed by atoms with Gasteiger partial charge in [0, 0.05) is 56.1 Å². The number of aromatic nitrogens is 2. The van der Waals surface area contributed by atoms with E-state index in [9.17, 15) is 18.9 Å². The van der Waals surface area contributed by atoms with Crippen LogP contribution in [0.15, 0.2) is 24.4 Å². The van der Waals surface area contributed by atoms with E-state index in [0.717, 1.165) is 11.8 Å². The Morgan fingerprint density at radius 2 is 2.14 bits per heavy atom. The van der Waals surface area contributed by atoms with Crippen LogP contribution in [0.5, 0.6) is 0 Å². The third kappa shape index (κ3) is 3.60. The van der Waals surface area contributed by atoms with Gasteiger partial charge in [-0.2, -0.15) is 9.49 Å². The van der Waals surface area contributed by atoms with Crippen molar-refractivity contribution in [3.63, 3.8) is 0 Å². The van der Waals surface area contributed by atoms with Gasteiger partial charge in [0.2, 0.25) is 5.82 Å². The fourth-order valence-corrected chi connectivity index (χ4v) is 1.94. The molecule has 1 aromatic carbocycles. The van der Waals surface area contributed by atoms with E-state index < -0.39 is 22.2 Å². The molecule has 0 atom stereocenters. The van der Waals surface area contributed by atoms with Crippen LogP contribution in [-0.2, 0) is 20.0 Å². The summed E-state index contributed by atoms with van der Waals surface area (Å²) < 4.78 is 28.5. The number of nitrogens with zero attached hydrogens (tertiary/aromatic N) is 3. The highest BCUT2D eigenvalue weighted by atomic mass is 19.1. The topological polar surface area (TPSA) is 73.0 Å². The van der Waals surface area contributed by atoms with Gasteiger partial charge in [-0.15, -0.1) is 0 Å². The van der Waals surface area contributed by atoms with Crippen molar-refractivity contribution in [2.75, 3.05) is 6.54 Å². The first-order valence-corrected chi connectivity index (χ1v) is 6.29.